The predicted molar refractivity (Wildman–Crippen MR) is 80.9 cm³/mol. The van der Waals surface area contributed by atoms with E-state index in [9.17, 15) is 4.79 Å². The number of nitrogens with one attached hydrogen (secondary N) is 1. The molecule has 1 aromatic carbocycles. The summed E-state index contributed by atoms with van der Waals surface area (Å²) in [6, 6.07) is 8.30. The fourth-order valence-electron chi connectivity index (χ4n) is 3.12. The Labute approximate surface area is 121 Å². The third-order valence-corrected chi connectivity index (χ3v) is 4.45. The maximum atomic E-state index is 11.4. The first-order valence-corrected chi connectivity index (χ1v) is 7.35. The monoisotopic (exact) mass is 275 g/mol. The third-order valence-electron chi connectivity index (χ3n) is 4.45. The summed E-state index contributed by atoms with van der Waals surface area (Å²) in [5, 5.41) is 0. The van der Waals surface area contributed by atoms with Crippen LogP contribution in [0.15, 0.2) is 24.3 Å². The molecular formula is C16H25N3O. The summed E-state index contributed by atoms with van der Waals surface area (Å²) in [6.07, 6.45) is 1.31. The Balaban J connectivity index is 2.04. The lowest BCUT2D eigenvalue weighted by Crippen LogP contribution is -2.45. The van der Waals surface area contributed by atoms with Gasteiger partial charge < -0.3 is 0 Å². The molecule has 0 aromatic heterocycles. The number of carbonyl (C=O) groups is 1. The molecule has 4 heteroatoms. The van der Waals surface area contributed by atoms with Gasteiger partial charge in [0.2, 0.25) is 0 Å². The van der Waals surface area contributed by atoms with Crippen molar-refractivity contribution in [3.05, 3.63) is 35.4 Å². The fraction of sp³-hybridized carbons (Fsp3) is 0.562. The molecule has 0 radical (unpaired) electrons. The molecule has 1 fully saturated rings. The van der Waals surface area contributed by atoms with Crippen LogP contribution in [0.4, 0.5) is 0 Å². The van der Waals surface area contributed by atoms with Gasteiger partial charge in [0.15, 0.2) is 0 Å². The van der Waals surface area contributed by atoms with Crippen molar-refractivity contribution in [3.63, 3.8) is 0 Å². The molecule has 0 spiro atoms. The highest BCUT2D eigenvalue weighted by molar-refractivity contribution is 5.93. The molecule has 0 bridgehead atoms. The fourth-order valence-corrected chi connectivity index (χ4v) is 3.12. The second kappa shape index (κ2) is 6.37. The van der Waals surface area contributed by atoms with Crippen molar-refractivity contribution in [3.8, 4) is 0 Å². The van der Waals surface area contributed by atoms with Crippen LogP contribution in [0, 0.1) is 11.8 Å². The zero-order valence-electron chi connectivity index (χ0n) is 12.6. The van der Waals surface area contributed by atoms with Gasteiger partial charge in [-0.15, -0.1) is 0 Å². The van der Waals surface area contributed by atoms with E-state index < -0.39 is 0 Å². The lowest BCUT2D eigenvalue weighted by atomic mass is 9.86. The zero-order chi connectivity index (χ0) is 14.7. The number of nitrogens with two attached hydrogens (primary N) is 1. The Bertz CT molecular complexity index is 457. The number of rotatable bonds is 3. The van der Waals surface area contributed by atoms with Crippen LogP contribution >= 0.6 is 0 Å². The number of likely N-dealkylation sites (tertiary alicyclic amines) is 1. The topological polar surface area (TPSA) is 58.4 Å². The lowest BCUT2D eigenvalue weighted by molar-refractivity contribution is 0.0729. The quantitative estimate of drug-likeness (QED) is 0.505. The smallest absolute Gasteiger partial charge is 0.265 e. The standard InChI is InChI=1S/C16H25N3O/c1-11-8-12(2)13(3)19(9-11)10-14-4-6-15(7-5-14)16(20)18-17/h4-7,11-13H,8-10,17H2,1-3H3,(H,18,20). The lowest BCUT2D eigenvalue weighted by Gasteiger charge is -2.41. The van der Waals surface area contributed by atoms with Crippen LogP contribution in [-0.4, -0.2) is 23.4 Å². The summed E-state index contributed by atoms with van der Waals surface area (Å²) in [5.74, 6) is 6.38. The molecule has 4 nitrogen and oxygen atoms in total. The first kappa shape index (κ1) is 15.0. The first-order chi connectivity index (χ1) is 9.51. The summed E-state index contributed by atoms with van der Waals surface area (Å²) in [5.41, 5.74) is 4.00. The van der Waals surface area contributed by atoms with Crippen molar-refractivity contribution in [2.24, 2.45) is 17.7 Å². The molecule has 1 aromatic rings. The van der Waals surface area contributed by atoms with Crippen LogP contribution in [0.5, 0.6) is 0 Å². The molecule has 20 heavy (non-hydrogen) atoms. The predicted octanol–water partition coefficient (Wildman–Crippen LogP) is 2.16. The third kappa shape index (κ3) is 3.38. The summed E-state index contributed by atoms with van der Waals surface area (Å²) in [7, 11) is 0. The molecule has 1 aliphatic heterocycles. The van der Waals surface area contributed by atoms with Crippen LogP contribution in [0.25, 0.3) is 0 Å². The molecule has 1 amide bonds. The van der Waals surface area contributed by atoms with E-state index in [4.69, 9.17) is 5.84 Å². The molecular weight excluding hydrogens is 250 g/mol. The van der Waals surface area contributed by atoms with Gasteiger partial charge in [0, 0.05) is 24.7 Å². The van der Waals surface area contributed by atoms with Gasteiger partial charge in [0.25, 0.3) is 5.91 Å². The minimum atomic E-state index is -0.245. The number of piperidine rings is 1. The van der Waals surface area contributed by atoms with Crippen LogP contribution in [0.1, 0.15) is 43.1 Å². The Morgan fingerprint density at radius 2 is 1.95 bits per heavy atom. The highest BCUT2D eigenvalue weighted by Gasteiger charge is 2.28. The Hall–Kier alpha value is -1.39. The SMILES string of the molecule is CC1CC(C)C(C)N(Cc2ccc(C(=O)NN)cc2)C1. The molecule has 0 aliphatic carbocycles. The first-order valence-electron chi connectivity index (χ1n) is 7.35. The summed E-state index contributed by atoms with van der Waals surface area (Å²) < 4.78 is 0. The number of hydrogen-bond donors (Lipinski definition) is 2. The zero-order valence-corrected chi connectivity index (χ0v) is 12.6. The van der Waals surface area contributed by atoms with Gasteiger partial charge in [-0.05, 0) is 42.9 Å². The van der Waals surface area contributed by atoms with Crippen molar-refractivity contribution < 1.29 is 4.79 Å². The molecule has 1 saturated heterocycles. The van der Waals surface area contributed by atoms with E-state index in [2.05, 4.69) is 31.1 Å². The van der Waals surface area contributed by atoms with Gasteiger partial charge in [0.05, 0.1) is 0 Å². The van der Waals surface area contributed by atoms with E-state index in [1.54, 1.807) is 0 Å². The van der Waals surface area contributed by atoms with E-state index in [0.717, 1.165) is 24.9 Å². The van der Waals surface area contributed by atoms with Crippen molar-refractivity contribution in [1.29, 1.82) is 0 Å². The molecule has 110 valence electrons. The average molecular weight is 275 g/mol. The van der Waals surface area contributed by atoms with E-state index in [-0.39, 0.29) is 5.91 Å². The van der Waals surface area contributed by atoms with Gasteiger partial charge in [-0.1, -0.05) is 26.0 Å². The Kier molecular flexibility index (Phi) is 4.78. The second-order valence-corrected chi connectivity index (χ2v) is 6.16. The molecule has 3 unspecified atom stereocenters. The number of benzene rings is 1. The van der Waals surface area contributed by atoms with Crippen molar-refractivity contribution in [1.82, 2.24) is 10.3 Å². The largest absolute Gasteiger partial charge is 0.296 e. The highest BCUT2D eigenvalue weighted by Crippen LogP contribution is 2.28. The van der Waals surface area contributed by atoms with Gasteiger partial charge in [-0.2, -0.15) is 0 Å². The maximum Gasteiger partial charge on any atom is 0.265 e. The number of carbonyl (C=O) groups excluding carboxylic acids is 1. The molecule has 1 heterocycles. The number of nitrogen functional groups attached to an aromatic ring is 1. The van der Waals surface area contributed by atoms with Gasteiger partial charge >= 0.3 is 0 Å². The van der Waals surface area contributed by atoms with Gasteiger partial charge in [-0.3, -0.25) is 15.1 Å². The molecule has 0 saturated carbocycles. The summed E-state index contributed by atoms with van der Waals surface area (Å²) in [6.45, 7) is 9.07. The van der Waals surface area contributed by atoms with E-state index in [1.807, 2.05) is 24.3 Å². The van der Waals surface area contributed by atoms with Gasteiger partial charge in [-0.25, -0.2) is 5.84 Å². The number of amides is 1. The van der Waals surface area contributed by atoms with Crippen LogP contribution in [-0.2, 0) is 6.54 Å². The van der Waals surface area contributed by atoms with Crippen LogP contribution in [0.2, 0.25) is 0 Å². The molecule has 1 aliphatic rings. The van der Waals surface area contributed by atoms with Gasteiger partial charge in [0.1, 0.15) is 0 Å². The van der Waals surface area contributed by atoms with E-state index in [1.165, 1.54) is 12.0 Å². The van der Waals surface area contributed by atoms with E-state index in [0.29, 0.717) is 11.6 Å². The number of nitrogens with zero attached hydrogens (tertiary/aromatic N) is 1. The summed E-state index contributed by atoms with van der Waals surface area (Å²) in [4.78, 5) is 13.9. The second-order valence-electron chi connectivity index (χ2n) is 6.16. The normalized spacial score (nSPS) is 27.3. The van der Waals surface area contributed by atoms with Crippen molar-refractivity contribution >= 4 is 5.91 Å². The van der Waals surface area contributed by atoms with Crippen LogP contribution < -0.4 is 11.3 Å². The van der Waals surface area contributed by atoms with Crippen LogP contribution in [0.3, 0.4) is 0 Å². The number of hydrazine groups is 1. The van der Waals surface area contributed by atoms with E-state index >= 15 is 0 Å². The maximum absolute atomic E-state index is 11.4. The van der Waals surface area contributed by atoms with Crippen molar-refractivity contribution in [2.45, 2.75) is 39.8 Å². The minimum absolute atomic E-state index is 0.245. The molecule has 3 N–H and O–H groups in total. The highest BCUT2D eigenvalue weighted by atomic mass is 16.2. The average Bonchev–Trinajstić information content (AvgIpc) is 2.44. The number of hydrogen-bond acceptors (Lipinski definition) is 3. The minimum Gasteiger partial charge on any atom is -0.296 e. The Morgan fingerprint density at radius 1 is 1.30 bits per heavy atom. The molecule has 2 rings (SSSR count). The Morgan fingerprint density at radius 3 is 2.55 bits per heavy atom. The summed E-state index contributed by atoms with van der Waals surface area (Å²) >= 11 is 0. The van der Waals surface area contributed by atoms with Crippen molar-refractivity contribution in [2.75, 3.05) is 6.54 Å². The molecule has 3 atom stereocenters.